The Morgan fingerprint density at radius 2 is 1.86 bits per heavy atom. The molecule has 0 aromatic heterocycles. The van der Waals surface area contributed by atoms with Gasteiger partial charge >= 0.3 is 0 Å². The van der Waals surface area contributed by atoms with E-state index in [1.807, 2.05) is 6.92 Å². The summed E-state index contributed by atoms with van der Waals surface area (Å²) in [7, 11) is 0. The fourth-order valence-corrected chi connectivity index (χ4v) is 1.07. The topological polar surface area (TPSA) is 35.2 Å². The van der Waals surface area contributed by atoms with Crippen molar-refractivity contribution in [2.75, 3.05) is 6.61 Å². The maximum Gasteiger partial charge on any atom is 0.190 e. The van der Waals surface area contributed by atoms with Crippen LogP contribution in [0.1, 0.15) is 18.9 Å². The summed E-state index contributed by atoms with van der Waals surface area (Å²) in [6.07, 6.45) is 0.706. The van der Waals surface area contributed by atoms with Gasteiger partial charge in [0.1, 0.15) is 0 Å². The molecule has 78 valence electrons. The van der Waals surface area contributed by atoms with Crippen LogP contribution in [0.2, 0.25) is 0 Å². The van der Waals surface area contributed by atoms with E-state index in [1.165, 1.54) is 12.1 Å². The van der Waals surface area contributed by atoms with E-state index in [0.717, 1.165) is 0 Å². The Balaban J connectivity index is 2.93. The van der Waals surface area contributed by atoms with Crippen LogP contribution >= 0.6 is 0 Å². The third-order valence-corrected chi connectivity index (χ3v) is 1.74. The first kappa shape index (κ1) is 10.9. The Morgan fingerprint density at radius 1 is 1.29 bits per heavy atom. The predicted octanol–water partition coefficient (Wildman–Crippen LogP) is 2.21. The molecule has 2 N–H and O–H groups in total. The van der Waals surface area contributed by atoms with Crippen LogP contribution in [0.3, 0.4) is 0 Å². The number of benzene rings is 1. The molecule has 0 heterocycles. The minimum absolute atomic E-state index is 0.113. The summed E-state index contributed by atoms with van der Waals surface area (Å²) < 4.78 is 31.3. The van der Waals surface area contributed by atoms with E-state index in [2.05, 4.69) is 0 Å². The summed E-state index contributed by atoms with van der Waals surface area (Å²) in [5, 5.41) is 0. The minimum atomic E-state index is -0.695. The second-order valence-corrected chi connectivity index (χ2v) is 2.94. The molecule has 0 aliphatic heterocycles. The van der Waals surface area contributed by atoms with Crippen molar-refractivity contribution in [3.05, 3.63) is 29.3 Å². The van der Waals surface area contributed by atoms with Gasteiger partial charge < -0.3 is 10.5 Å². The molecule has 0 atom stereocenters. The van der Waals surface area contributed by atoms with Gasteiger partial charge in [-0.05, 0) is 24.1 Å². The first-order valence-electron chi connectivity index (χ1n) is 4.49. The third kappa shape index (κ3) is 2.42. The molecule has 2 nitrogen and oxygen atoms in total. The van der Waals surface area contributed by atoms with Gasteiger partial charge in [-0.1, -0.05) is 6.92 Å². The van der Waals surface area contributed by atoms with Crippen molar-refractivity contribution in [2.45, 2.75) is 19.9 Å². The number of rotatable bonds is 4. The van der Waals surface area contributed by atoms with Gasteiger partial charge in [-0.3, -0.25) is 0 Å². The van der Waals surface area contributed by atoms with Crippen LogP contribution in [0.15, 0.2) is 12.1 Å². The van der Waals surface area contributed by atoms with Crippen LogP contribution in [-0.4, -0.2) is 6.61 Å². The van der Waals surface area contributed by atoms with E-state index in [0.29, 0.717) is 18.6 Å². The van der Waals surface area contributed by atoms with Gasteiger partial charge in [-0.2, -0.15) is 0 Å². The van der Waals surface area contributed by atoms with Gasteiger partial charge in [-0.25, -0.2) is 8.78 Å². The predicted molar refractivity (Wildman–Crippen MR) is 50.0 cm³/mol. The molecule has 4 heteroatoms. The van der Waals surface area contributed by atoms with E-state index in [4.69, 9.17) is 10.5 Å². The number of ether oxygens (including phenoxy) is 1. The van der Waals surface area contributed by atoms with Crippen LogP contribution in [0, 0.1) is 11.6 Å². The van der Waals surface area contributed by atoms with Gasteiger partial charge in [0, 0.05) is 6.54 Å². The van der Waals surface area contributed by atoms with Crippen LogP contribution in [0.4, 0.5) is 8.78 Å². The van der Waals surface area contributed by atoms with E-state index in [9.17, 15) is 8.78 Å². The fourth-order valence-electron chi connectivity index (χ4n) is 1.07. The highest BCUT2D eigenvalue weighted by Gasteiger charge is 2.11. The average Bonchev–Trinajstić information content (AvgIpc) is 2.16. The van der Waals surface area contributed by atoms with Gasteiger partial charge in [0.15, 0.2) is 17.4 Å². The van der Waals surface area contributed by atoms with E-state index >= 15 is 0 Å². The zero-order valence-corrected chi connectivity index (χ0v) is 8.02. The number of halogens is 2. The molecule has 0 aliphatic carbocycles. The number of hydrogen-bond donors (Lipinski definition) is 1. The molecule has 0 aliphatic rings. The monoisotopic (exact) mass is 201 g/mol. The summed E-state index contributed by atoms with van der Waals surface area (Å²) in [4.78, 5) is 0. The molecule has 0 amide bonds. The van der Waals surface area contributed by atoms with Crippen molar-refractivity contribution >= 4 is 0 Å². The molecule has 0 saturated carbocycles. The highest BCUT2D eigenvalue weighted by molar-refractivity contribution is 5.31. The maximum absolute atomic E-state index is 13.2. The van der Waals surface area contributed by atoms with Crippen molar-refractivity contribution in [1.29, 1.82) is 0 Å². The lowest BCUT2D eigenvalue weighted by molar-refractivity contribution is 0.284. The molecule has 0 fully saturated rings. The van der Waals surface area contributed by atoms with Crippen LogP contribution in [0.5, 0.6) is 5.75 Å². The van der Waals surface area contributed by atoms with Crippen molar-refractivity contribution in [1.82, 2.24) is 0 Å². The second kappa shape index (κ2) is 4.91. The SMILES string of the molecule is CCCOc1c(F)cc(CN)cc1F. The Hall–Kier alpha value is -1.16. The lowest BCUT2D eigenvalue weighted by Crippen LogP contribution is -2.03. The number of nitrogens with two attached hydrogens (primary N) is 1. The van der Waals surface area contributed by atoms with Crippen LogP contribution in [-0.2, 0) is 6.54 Å². The molecule has 1 aromatic carbocycles. The summed E-state index contributed by atoms with van der Waals surface area (Å²) in [6.45, 7) is 2.28. The molecule has 14 heavy (non-hydrogen) atoms. The van der Waals surface area contributed by atoms with Gasteiger partial charge in [0.25, 0.3) is 0 Å². The second-order valence-electron chi connectivity index (χ2n) is 2.94. The van der Waals surface area contributed by atoms with Gasteiger partial charge in [-0.15, -0.1) is 0 Å². The maximum atomic E-state index is 13.2. The molecule has 0 unspecified atom stereocenters. The highest BCUT2D eigenvalue weighted by atomic mass is 19.1. The standard InChI is InChI=1S/C10H13F2NO/c1-2-3-14-10-8(11)4-7(6-13)5-9(10)12/h4-5H,2-3,6,13H2,1H3. The average molecular weight is 201 g/mol. The normalized spacial score (nSPS) is 10.3. The van der Waals surface area contributed by atoms with E-state index in [1.54, 1.807) is 0 Å². The van der Waals surface area contributed by atoms with Gasteiger partial charge in [0.05, 0.1) is 6.61 Å². The smallest absolute Gasteiger partial charge is 0.190 e. The van der Waals surface area contributed by atoms with Crippen molar-refractivity contribution in [3.63, 3.8) is 0 Å². The summed E-state index contributed by atoms with van der Waals surface area (Å²) in [5.41, 5.74) is 5.68. The number of hydrogen-bond acceptors (Lipinski definition) is 2. The van der Waals surface area contributed by atoms with Crippen molar-refractivity contribution in [2.24, 2.45) is 5.73 Å². The summed E-state index contributed by atoms with van der Waals surface area (Å²) in [5.74, 6) is -1.71. The van der Waals surface area contributed by atoms with Crippen molar-refractivity contribution in [3.8, 4) is 5.75 Å². The molecule has 0 bridgehead atoms. The molecule has 1 rings (SSSR count). The summed E-state index contributed by atoms with van der Waals surface area (Å²) in [6, 6.07) is 2.38. The Kier molecular flexibility index (Phi) is 3.83. The lowest BCUT2D eigenvalue weighted by Gasteiger charge is -2.08. The van der Waals surface area contributed by atoms with Gasteiger partial charge in [0.2, 0.25) is 0 Å². The first-order chi connectivity index (χ1) is 6.69. The molecule has 1 aromatic rings. The van der Waals surface area contributed by atoms with E-state index in [-0.39, 0.29) is 12.3 Å². The van der Waals surface area contributed by atoms with E-state index < -0.39 is 11.6 Å². The molecule has 0 spiro atoms. The summed E-state index contributed by atoms with van der Waals surface area (Å²) >= 11 is 0. The van der Waals surface area contributed by atoms with Crippen molar-refractivity contribution < 1.29 is 13.5 Å². The molecule has 0 radical (unpaired) electrons. The minimum Gasteiger partial charge on any atom is -0.488 e. The molecular formula is C10H13F2NO. The Labute approximate surface area is 81.7 Å². The fraction of sp³-hybridized carbons (Fsp3) is 0.400. The zero-order chi connectivity index (χ0) is 10.6. The zero-order valence-electron chi connectivity index (χ0n) is 8.02. The lowest BCUT2D eigenvalue weighted by atomic mass is 10.2. The molecular weight excluding hydrogens is 188 g/mol. The molecule has 0 saturated heterocycles. The Bertz CT molecular complexity index is 292. The first-order valence-corrected chi connectivity index (χ1v) is 4.49. The Morgan fingerprint density at radius 3 is 2.29 bits per heavy atom. The largest absolute Gasteiger partial charge is 0.488 e. The van der Waals surface area contributed by atoms with Crippen LogP contribution in [0.25, 0.3) is 0 Å². The van der Waals surface area contributed by atoms with Crippen LogP contribution < -0.4 is 10.5 Å². The highest BCUT2D eigenvalue weighted by Crippen LogP contribution is 2.23. The quantitative estimate of drug-likeness (QED) is 0.810. The third-order valence-electron chi connectivity index (χ3n) is 1.74.